The summed E-state index contributed by atoms with van der Waals surface area (Å²) in [6.45, 7) is 9.98. The second-order valence-corrected chi connectivity index (χ2v) is 5.26. The van der Waals surface area contributed by atoms with E-state index < -0.39 is 0 Å². The van der Waals surface area contributed by atoms with Crippen LogP contribution in [0.25, 0.3) is 0 Å². The van der Waals surface area contributed by atoms with Crippen molar-refractivity contribution in [1.29, 1.82) is 0 Å². The Hall–Kier alpha value is -0.870. The Balaban J connectivity index is 1.89. The van der Waals surface area contributed by atoms with Gasteiger partial charge in [-0.15, -0.1) is 0 Å². The zero-order valence-electron chi connectivity index (χ0n) is 11.7. The molecule has 0 spiro atoms. The summed E-state index contributed by atoms with van der Waals surface area (Å²) in [5.74, 6) is 0. The van der Waals surface area contributed by atoms with Crippen LogP contribution in [-0.2, 0) is 13.1 Å². The third-order valence-corrected chi connectivity index (χ3v) is 3.83. The van der Waals surface area contributed by atoms with E-state index in [1.807, 2.05) is 12.5 Å². The summed E-state index contributed by atoms with van der Waals surface area (Å²) >= 11 is 0. The molecular weight excluding hydrogens is 224 g/mol. The van der Waals surface area contributed by atoms with Crippen LogP contribution in [0.4, 0.5) is 0 Å². The summed E-state index contributed by atoms with van der Waals surface area (Å²) in [5.41, 5.74) is 1.29. The molecule has 2 rings (SSSR count). The quantitative estimate of drug-likeness (QED) is 0.836. The molecule has 1 unspecified atom stereocenters. The predicted octanol–water partition coefficient (Wildman–Crippen LogP) is 1.87. The number of nitrogens with zero attached hydrogens (tertiary/aromatic N) is 3. The van der Waals surface area contributed by atoms with Gasteiger partial charge in [0.1, 0.15) is 0 Å². The van der Waals surface area contributed by atoms with Crippen molar-refractivity contribution in [3.8, 4) is 0 Å². The Morgan fingerprint density at radius 2 is 2.11 bits per heavy atom. The van der Waals surface area contributed by atoms with E-state index in [9.17, 15) is 0 Å². The fourth-order valence-electron chi connectivity index (χ4n) is 2.67. The molecule has 1 fully saturated rings. The van der Waals surface area contributed by atoms with E-state index in [4.69, 9.17) is 0 Å². The molecule has 1 atom stereocenters. The van der Waals surface area contributed by atoms with E-state index in [0.717, 1.165) is 19.6 Å². The Bertz CT molecular complexity index is 341. The second kappa shape index (κ2) is 6.90. The third kappa shape index (κ3) is 3.56. The van der Waals surface area contributed by atoms with Gasteiger partial charge in [-0.3, -0.25) is 4.90 Å². The van der Waals surface area contributed by atoms with Crippen molar-refractivity contribution < 1.29 is 0 Å². The first-order valence-corrected chi connectivity index (χ1v) is 7.25. The van der Waals surface area contributed by atoms with E-state index in [1.54, 1.807) is 0 Å². The van der Waals surface area contributed by atoms with Crippen LogP contribution < -0.4 is 5.32 Å². The van der Waals surface area contributed by atoms with Crippen LogP contribution >= 0.6 is 0 Å². The molecule has 2 heterocycles. The van der Waals surface area contributed by atoms with Gasteiger partial charge < -0.3 is 9.88 Å². The van der Waals surface area contributed by atoms with Crippen molar-refractivity contribution in [2.24, 2.45) is 0 Å². The molecule has 1 aliphatic heterocycles. The normalized spacial score (nSPS) is 19.0. The van der Waals surface area contributed by atoms with Gasteiger partial charge in [-0.1, -0.05) is 13.3 Å². The number of likely N-dealkylation sites (tertiary alicyclic amines) is 1. The largest absolute Gasteiger partial charge is 0.332 e. The van der Waals surface area contributed by atoms with E-state index >= 15 is 0 Å². The fraction of sp³-hybridized carbons (Fsp3) is 0.786. The zero-order chi connectivity index (χ0) is 12.8. The highest BCUT2D eigenvalue weighted by Crippen LogP contribution is 2.13. The minimum atomic E-state index is 0.611. The third-order valence-electron chi connectivity index (χ3n) is 3.83. The van der Waals surface area contributed by atoms with E-state index in [-0.39, 0.29) is 0 Å². The number of imidazole rings is 1. The lowest BCUT2D eigenvalue weighted by Gasteiger charge is -2.32. The van der Waals surface area contributed by atoms with Gasteiger partial charge >= 0.3 is 0 Å². The summed E-state index contributed by atoms with van der Waals surface area (Å²) in [7, 11) is 0. The first kappa shape index (κ1) is 13.6. The highest BCUT2D eigenvalue weighted by atomic mass is 15.2. The first-order chi connectivity index (χ1) is 8.81. The van der Waals surface area contributed by atoms with Gasteiger partial charge in [-0.25, -0.2) is 4.98 Å². The summed E-state index contributed by atoms with van der Waals surface area (Å²) in [6.07, 6.45) is 8.07. The zero-order valence-corrected chi connectivity index (χ0v) is 11.7. The maximum absolute atomic E-state index is 4.28. The molecule has 0 aliphatic carbocycles. The summed E-state index contributed by atoms with van der Waals surface area (Å²) in [6, 6.07) is 0.611. The van der Waals surface area contributed by atoms with E-state index in [2.05, 4.69) is 33.6 Å². The summed E-state index contributed by atoms with van der Waals surface area (Å²) in [5, 5.41) is 3.37. The molecule has 4 nitrogen and oxygen atoms in total. The average molecular weight is 250 g/mol. The molecule has 1 aromatic heterocycles. The lowest BCUT2D eigenvalue weighted by molar-refractivity contribution is 0.159. The number of hydrogen-bond donors (Lipinski definition) is 1. The first-order valence-electron chi connectivity index (χ1n) is 7.25. The standard InChI is InChI=1S/C14H26N4/c1-3-15-9-14-10-16-12-18(14)11-13(2)17-7-5-4-6-8-17/h10,12-13,15H,3-9,11H2,1-2H3. The minimum Gasteiger partial charge on any atom is -0.332 e. The Morgan fingerprint density at radius 1 is 1.33 bits per heavy atom. The Kier molecular flexibility index (Phi) is 5.20. The molecule has 1 N–H and O–H groups in total. The SMILES string of the molecule is CCNCc1cncn1CC(C)N1CCCCC1. The monoisotopic (exact) mass is 250 g/mol. The maximum atomic E-state index is 4.28. The van der Waals surface area contributed by atoms with Gasteiger partial charge in [0.15, 0.2) is 0 Å². The van der Waals surface area contributed by atoms with Gasteiger partial charge in [0.25, 0.3) is 0 Å². The van der Waals surface area contributed by atoms with Crippen molar-refractivity contribution in [2.45, 2.75) is 52.2 Å². The van der Waals surface area contributed by atoms with Crippen LogP contribution in [0.1, 0.15) is 38.8 Å². The Labute approximate surface area is 110 Å². The van der Waals surface area contributed by atoms with Gasteiger partial charge in [0, 0.05) is 25.3 Å². The fourth-order valence-corrected chi connectivity index (χ4v) is 2.67. The average Bonchev–Trinajstić information content (AvgIpc) is 2.84. The molecule has 4 heteroatoms. The van der Waals surface area contributed by atoms with Crippen molar-refractivity contribution in [3.63, 3.8) is 0 Å². The van der Waals surface area contributed by atoms with Crippen molar-refractivity contribution >= 4 is 0 Å². The lowest BCUT2D eigenvalue weighted by Crippen LogP contribution is -2.40. The number of nitrogens with one attached hydrogen (secondary N) is 1. The number of hydrogen-bond acceptors (Lipinski definition) is 3. The molecule has 0 aromatic carbocycles. The van der Waals surface area contributed by atoms with Gasteiger partial charge in [-0.2, -0.15) is 0 Å². The smallest absolute Gasteiger partial charge is 0.0949 e. The molecule has 1 aromatic rings. The van der Waals surface area contributed by atoms with Crippen molar-refractivity contribution in [2.75, 3.05) is 19.6 Å². The van der Waals surface area contributed by atoms with Crippen LogP contribution in [0.15, 0.2) is 12.5 Å². The highest BCUT2D eigenvalue weighted by molar-refractivity contribution is 4.98. The molecule has 0 saturated carbocycles. The number of piperidine rings is 1. The molecule has 0 bridgehead atoms. The van der Waals surface area contributed by atoms with Crippen molar-refractivity contribution in [3.05, 3.63) is 18.2 Å². The molecule has 0 amide bonds. The maximum Gasteiger partial charge on any atom is 0.0949 e. The summed E-state index contributed by atoms with van der Waals surface area (Å²) in [4.78, 5) is 6.89. The van der Waals surface area contributed by atoms with Crippen LogP contribution in [0, 0.1) is 0 Å². The molecule has 1 saturated heterocycles. The second-order valence-electron chi connectivity index (χ2n) is 5.26. The summed E-state index contributed by atoms with van der Waals surface area (Å²) < 4.78 is 2.29. The topological polar surface area (TPSA) is 33.1 Å². The molecule has 102 valence electrons. The van der Waals surface area contributed by atoms with E-state index in [0.29, 0.717) is 6.04 Å². The minimum absolute atomic E-state index is 0.611. The molecule has 0 radical (unpaired) electrons. The molecular formula is C14H26N4. The van der Waals surface area contributed by atoms with Crippen molar-refractivity contribution in [1.82, 2.24) is 19.8 Å². The molecule has 1 aliphatic rings. The predicted molar refractivity (Wildman–Crippen MR) is 74.5 cm³/mol. The van der Waals surface area contributed by atoms with Gasteiger partial charge in [-0.05, 0) is 39.4 Å². The van der Waals surface area contributed by atoms with Gasteiger partial charge in [0.2, 0.25) is 0 Å². The Morgan fingerprint density at radius 3 is 2.83 bits per heavy atom. The lowest BCUT2D eigenvalue weighted by atomic mass is 10.1. The number of rotatable bonds is 6. The van der Waals surface area contributed by atoms with Crippen LogP contribution in [0.2, 0.25) is 0 Å². The van der Waals surface area contributed by atoms with Crippen LogP contribution in [0.3, 0.4) is 0 Å². The molecule has 18 heavy (non-hydrogen) atoms. The highest BCUT2D eigenvalue weighted by Gasteiger charge is 2.17. The van der Waals surface area contributed by atoms with Crippen LogP contribution in [-0.4, -0.2) is 40.1 Å². The van der Waals surface area contributed by atoms with Crippen LogP contribution in [0.5, 0.6) is 0 Å². The number of aromatic nitrogens is 2. The van der Waals surface area contributed by atoms with Gasteiger partial charge in [0.05, 0.1) is 12.0 Å². The van der Waals surface area contributed by atoms with E-state index in [1.165, 1.54) is 38.0 Å².